The molecule has 0 radical (unpaired) electrons. The Kier molecular flexibility index (Phi) is 5.38. The van der Waals surface area contributed by atoms with Gasteiger partial charge in [0.1, 0.15) is 5.76 Å². The summed E-state index contributed by atoms with van der Waals surface area (Å²) in [6, 6.07) is 13.2. The van der Waals surface area contributed by atoms with Crippen molar-refractivity contribution in [2.75, 3.05) is 0 Å². The molecule has 0 saturated heterocycles. The van der Waals surface area contributed by atoms with Gasteiger partial charge in [-0.2, -0.15) is 21.6 Å². The van der Waals surface area contributed by atoms with Gasteiger partial charge in [-0.25, -0.2) is 0 Å². The second-order valence-electron chi connectivity index (χ2n) is 7.69. The zero-order chi connectivity index (χ0) is 21.4. The van der Waals surface area contributed by atoms with Crippen LogP contribution in [0.1, 0.15) is 48.1 Å². The van der Waals surface area contributed by atoms with Gasteiger partial charge in [0, 0.05) is 5.56 Å². The summed E-state index contributed by atoms with van der Waals surface area (Å²) in [7, 11) is -5.74. The van der Waals surface area contributed by atoms with Gasteiger partial charge in [-0.1, -0.05) is 68.0 Å². The van der Waals surface area contributed by atoms with Crippen molar-refractivity contribution in [2.45, 2.75) is 38.1 Å². The summed E-state index contributed by atoms with van der Waals surface area (Å²) in [4.78, 5) is 0. The predicted octanol–water partition coefficient (Wildman–Crippen LogP) is 6.05. The predicted molar refractivity (Wildman–Crippen MR) is 108 cm³/mol. The first-order valence-electron chi connectivity index (χ1n) is 9.00. The van der Waals surface area contributed by atoms with Crippen LogP contribution in [0.25, 0.3) is 17.9 Å². The molecule has 154 valence electrons. The number of allylic oxidation sites excluding steroid dienone is 1. The van der Waals surface area contributed by atoms with Crippen LogP contribution in [0, 0.1) is 6.92 Å². The molecule has 0 heterocycles. The Morgan fingerprint density at radius 3 is 2.21 bits per heavy atom. The number of rotatable bonds is 4. The summed E-state index contributed by atoms with van der Waals surface area (Å²) in [5, 5.41) is 0. The molecule has 0 saturated carbocycles. The molecule has 7 heteroatoms. The molecule has 0 amide bonds. The van der Waals surface area contributed by atoms with Crippen molar-refractivity contribution in [1.82, 2.24) is 0 Å². The molecule has 0 atom stereocenters. The Hall–Kier alpha value is -2.54. The number of halogens is 3. The van der Waals surface area contributed by atoms with Gasteiger partial charge in [0.2, 0.25) is 0 Å². The van der Waals surface area contributed by atoms with Crippen LogP contribution in [-0.2, 0) is 19.7 Å². The third-order valence-corrected chi connectivity index (χ3v) is 5.83. The molecule has 0 bridgehead atoms. The normalized spacial score (nSPS) is 16.4. The molecule has 1 aliphatic carbocycles. The lowest BCUT2D eigenvalue weighted by molar-refractivity contribution is -0.0509. The average molecular weight is 422 g/mol. The van der Waals surface area contributed by atoms with E-state index < -0.39 is 15.6 Å². The quantitative estimate of drug-likeness (QED) is 0.342. The molecule has 29 heavy (non-hydrogen) atoms. The summed E-state index contributed by atoms with van der Waals surface area (Å²) in [5.74, 6) is -0.290. The Balaban J connectivity index is 1.98. The maximum absolute atomic E-state index is 12.8. The van der Waals surface area contributed by atoms with Crippen molar-refractivity contribution in [2.24, 2.45) is 0 Å². The van der Waals surface area contributed by atoms with E-state index >= 15 is 0 Å². The molecule has 3 nitrogen and oxygen atoms in total. The molecule has 3 rings (SSSR count). The first-order chi connectivity index (χ1) is 13.4. The van der Waals surface area contributed by atoms with E-state index in [0.29, 0.717) is 12.0 Å². The first kappa shape index (κ1) is 21.2. The Labute approximate surface area is 168 Å². The molecule has 0 unspecified atom stereocenters. The van der Waals surface area contributed by atoms with E-state index in [4.69, 9.17) is 0 Å². The van der Waals surface area contributed by atoms with E-state index in [1.165, 1.54) is 6.08 Å². The third-order valence-electron chi connectivity index (χ3n) is 4.86. The smallest absolute Gasteiger partial charge is 0.376 e. The minimum Gasteiger partial charge on any atom is -0.376 e. The van der Waals surface area contributed by atoms with Gasteiger partial charge < -0.3 is 4.18 Å². The van der Waals surface area contributed by atoms with E-state index in [1.54, 1.807) is 12.1 Å². The highest BCUT2D eigenvalue weighted by atomic mass is 32.2. The first-order valence-corrected chi connectivity index (χ1v) is 10.4. The number of aryl methyl sites for hydroxylation is 1. The topological polar surface area (TPSA) is 43.4 Å². The fourth-order valence-corrected chi connectivity index (χ4v) is 3.63. The largest absolute Gasteiger partial charge is 0.534 e. The Morgan fingerprint density at radius 1 is 1.00 bits per heavy atom. The fourth-order valence-electron chi connectivity index (χ4n) is 3.14. The SMILES string of the molecule is Cc1ccc(/C=C/c2ccc3c(c2)C(OS(=O)(=O)C(F)(F)F)=CCC3(C)C)cc1. The van der Waals surface area contributed by atoms with Crippen molar-refractivity contribution in [3.8, 4) is 0 Å². The zero-order valence-electron chi connectivity index (χ0n) is 16.2. The lowest BCUT2D eigenvalue weighted by Crippen LogP contribution is -2.27. The molecule has 0 aliphatic heterocycles. The third kappa shape index (κ3) is 4.56. The minimum absolute atomic E-state index is 0.290. The molecule has 0 spiro atoms. The number of hydrogen-bond acceptors (Lipinski definition) is 3. The maximum Gasteiger partial charge on any atom is 0.534 e. The average Bonchev–Trinajstić information content (AvgIpc) is 2.63. The van der Waals surface area contributed by atoms with Crippen molar-refractivity contribution >= 4 is 28.0 Å². The lowest BCUT2D eigenvalue weighted by Gasteiger charge is -2.31. The van der Waals surface area contributed by atoms with E-state index in [1.807, 2.05) is 63.3 Å². The molecular formula is C22H21F3O3S. The number of hydrogen-bond donors (Lipinski definition) is 0. The Bertz CT molecular complexity index is 1080. The highest BCUT2D eigenvalue weighted by Gasteiger charge is 2.49. The second kappa shape index (κ2) is 7.37. The van der Waals surface area contributed by atoms with E-state index in [9.17, 15) is 21.6 Å². The van der Waals surface area contributed by atoms with Crippen molar-refractivity contribution in [3.05, 3.63) is 76.4 Å². The molecule has 2 aromatic carbocycles. The van der Waals surface area contributed by atoms with Crippen molar-refractivity contribution < 1.29 is 25.8 Å². The van der Waals surface area contributed by atoms with Crippen LogP contribution in [0.5, 0.6) is 0 Å². The van der Waals surface area contributed by atoms with Gasteiger partial charge in [-0.3, -0.25) is 0 Å². The van der Waals surface area contributed by atoms with Crippen LogP contribution in [0.4, 0.5) is 13.2 Å². The van der Waals surface area contributed by atoms with Crippen molar-refractivity contribution in [1.29, 1.82) is 0 Å². The molecule has 0 N–H and O–H groups in total. The lowest BCUT2D eigenvalue weighted by atomic mass is 9.75. The van der Waals surface area contributed by atoms with Crippen LogP contribution in [0.15, 0.2) is 48.5 Å². The Morgan fingerprint density at radius 2 is 1.59 bits per heavy atom. The van der Waals surface area contributed by atoms with Gasteiger partial charge in [0.25, 0.3) is 0 Å². The van der Waals surface area contributed by atoms with Crippen LogP contribution in [-0.4, -0.2) is 13.9 Å². The number of benzene rings is 2. The molecule has 1 aliphatic rings. The van der Waals surface area contributed by atoms with Gasteiger partial charge in [-0.15, -0.1) is 0 Å². The summed E-state index contributed by atoms with van der Waals surface area (Å²) in [5.41, 5.74) is -1.93. The van der Waals surface area contributed by atoms with Crippen LogP contribution in [0.3, 0.4) is 0 Å². The highest BCUT2D eigenvalue weighted by molar-refractivity contribution is 7.87. The second-order valence-corrected chi connectivity index (χ2v) is 9.23. The number of fused-ring (bicyclic) bond motifs is 1. The molecule has 0 fully saturated rings. The van der Waals surface area contributed by atoms with Crippen LogP contribution < -0.4 is 0 Å². The summed E-state index contributed by atoms with van der Waals surface area (Å²) in [6.45, 7) is 5.87. The standard InChI is InChI=1S/C22H21F3O3S/c1-15-4-6-16(7-5-15)8-9-17-10-11-19-18(14-17)20(12-13-21(19,2)3)28-29(26,27)22(23,24)25/h4-12,14H,13H2,1-3H3/b9-8+. The number of alkyl halides is 3. The van der Waals surface area contributed by atoms with E-state index in [-0.39, 0.29) is 11.2 Å². The highest BCUT2D eigenvalue weighted by Crippen LogP contribution is 2.41. The monoisotopic (exact) mass is 422 g/mol. The van der Waals surface area contributed by atoms with Gasteiger partial charge in [0.15, 0.2) is 0 Å². The van der Waals surface area contributed by atoms with Crippen LogP contribution in [0.2, 0.25) is 0 Å². The molecular weight excluding hydrogens is 401 g/mol. The minimum atomic E-state index is -5.74. The van der Waals surface area contributed by atoms with Gasteiger partial charge in [0.05, 0.1) is 0 Å². The van der Waals surface area contributed by atoms with Crippen molar-refractivity contribution in [3.63, 3.8) is 0 Å². The summed E-state index contributed by atoms with van der Waals surface area (Å²) >= 11 is 0. The van der Waals surface area contributed by atoms with E-state index in [0.717, 1.165) is 22.3 Å². The zero-order valence-corrected chi connectivity index (χ0v) is 17.1. The summed E-state index contributed by atoms with van der Waals surface area (Å²) in [6.07, 6.45) is 5.47. The summed E-state index contributed by atoms with van der Waals surface area (Å²) < 4.78 is 65.8. The molecule has 0 aromatic heterocycles. The van der Waals surface area contributed by atoms with E-state index in [2.05, 4.69) is 4.18 Å². The fraction of sp³-hybridized carbons (Fsp3) is 0.273. The maximum atomic E-state index is 12.8. The van der Waals surface area contributed by atoms with Gasteiger partial charge in [-0.05, 0) is 47.6 Å². The van der Waals surface area contributed by atoms with Gasteiger partial charge >= 0.3 is 15.6 Å². The molecule has 2 aromatic rings. The van der Waals surface area contributed by atoms with Crippen LogP contribution >= 0.6 is 0 Å².